The minimum atomic E-state index is -3.23. The lowest BCUT2D eigenvalue weighted by molar-refractivity contribution is -0.158. The molecule has 0 saturated carbocycles. The highest BCUT2D eigenvalue weighted by Gasteiger charge is 2.24. The fraction of sp³-hybridized carbons (Fsp3) is 0.485. The predicted octanol–water partition coefficient (Wildman–Crippen LogP) is 9.37. The summed E-state index contributed by atoms with van der Waals surface area (Å²) in [4.78, 5) is 13.3. The van der Waals surface area contributed by atoms with Crippen molar-refractivity contribution in [2.24, 2.45) is 17.8 Å². The molecule has 2 aromatic carbocycles. The third kappa shape index (κ3) is 8.66. The number of carbonyl (C=O) groups is 1. The molecule has 0 heterocycles. The second-order valence-corrected chi connectivity index (χ2v) is 10.7. The quantitative estimate of drug-likeness (QED) is 0.302. The standard InChI is InChI=1S/C33H42F2O2/c1-6-24-11-8-9-12-27(18-15-24)32(36)22-29(23(3)4)19-25-16-17-26(7-2)31(20-25)28-13-10-14-30(21-28)37-33(5,34)35/h10,12-18,20-21,23-24,29H,6-9,11,19,22H2,1-5H3. The SMILES string of the molecule is CCc1ccc(CC(CC(=O)C2=CCCCC(CC)C=C2)C(C)C)cc1-c1cccc(OC(C)(F)F)c1. The second-order valence-electron chi connectivity index (χ2n) is 10.7. The van der Waals surface area contributed by atoms with Crippen LogP contribution in [0.15, 0.2) is 66.3 Å². The third-order valence-corrected chi connectivity index (χ3v) is 7.42. The number of hydrogen-bond acceptors (Lipinski definition) is 2. The number of carbonyl (C=O) groups excluding carboxylic acids is 1. The average Bonchev–Trinajstić information content (AvgIpc) is 2.82. The zero-order chi connectivity index (χ0) is 27.0. The normalized spacial score (nSPS) is 17.2. The minimum Gasteiger partial charge on any atom is -0.433 e. The molecule has 2 atom stereocenters. The lowest BCUT2D eigenvalue weighted by Crippen LogP contribution is -2.19. The van der Waals surface area contributed by atoms with E-state index in [0.29, 0.717) is 18.3 Å². The Morgan fingerprint density at radius 3 is 2.59 bits per heavy atom. The van der Waals surface area contributed by atoms with Gasteiger partial charge >= 0.3 is 6.11 Å². The number of alkyl halides is 2. The molecule has 200 valence electrons. The number of halogens is 2. The summed E-state index contributed by atoms with van der Waals surface area (Å²) in [6.07, 6.45) is 9.67. The summed E-state index contributed by atoms with van der Waals surface area (Å²) in [5, 5.41) is 0. The van der Waals surface area contributed by atoms with Crippen LogP contribution in [0.1, 0.15) is 77.8 Å². The van der Waals surface area contributed by atoms with Gasteiger partial charge in [0, 0.05) is 18.9 Å². The zero-order valence-electron chi connectivity index (χ0n) is 23.0. The highest BCUT2D eigenvalue weighted by molar-refractivity contribution is 5.98. The summed E-state index contributed by atoms with van der Waals surface area (Å²) < 4.78 is 31.7. The molecule has 0 radical (unpaired) electrons. The van der Waals surface area contributed by atoms with Gasteiger partial charge in [0.25, 0.3) is 0 Å². The Morgan fingerprint density at radius 2 is 1.92 bits per heavy atom. The van der Waals surface area contributed by atoms with E-state index in [0.717, 1.165) is 66.9 Å². The molecule has 4 heteroatoms. The maximum absolute atomic E-state index is 13.4. The van der Waals surface area contributed by atoms with Crippen LogP contribution in [0.3, 0.4) is 0 Å². The fourth-order valence-corrected chi connectivity index (χ4v) is 5.05. The van der Waals surface area contributed by atoms with Crippen LogP contribution in [-0.2, 0) is 17.6 Å². The van der Waals surface area contributed by atoms with Crippen LogP contribution in [0.4, 0.5) is 8.78 Å². The lowest BCUT2D eigenvalue weighted by atomic mass is 9.82. The molecule has 37 heavy (non-hydrogen) atoms. The van der Waals surface area contributed by atoms with Gasteiger partial charge in [-0.05, 0) is 90.7 Å². The van der Waals surface area contributed by atoms with Gasteiger partial charge in [0.1, 0.15) is 5.75 Å². The van der Waals surface area contributed by atoms with Gasteiger partial charge in [0.05, 0.1) is 0 Å². The van der Waals surface area contributed by atoms with Gasteiger partial charge in [0.2, 0.25) is 0 Å². The molecule has 0 bridgehead atoms. The van der Waals surface area contributed by atoms with Gasteiger partial charge in [-0.1, -0.05) is 76.3 Å². The highest BCUT2D eigenvalue weighted by atomic mass is 19.3. The number of aryl methyl sites for hydroxylation is 1. The van der Waals surface area contributed by atoms with Crippen molar-refractivity contribution in [3.8, 4) is 16.9 Å². The Morgan fingerprint density at radius 1 is 1.14 bits per heavy atom. The summed E-state index contributed by atoms with van der Waals surface area (Å²) in [5.74, 6) is 1.49. The molecule has 3 rings (SSSR count). The number of allylic oxidation sites excluding steroid dienone is 4. The van der Waals surface area contributed by atoms with Gasteiger partial charge in [-0.3, -0.25) is 4.79 Å². The van der Waals surface area contributed by atoms with Crippen molar-refractivity contribution in [3.05, 3.63) is 77.4 Å². The van der Waals surface area contributed by atoms with Gasteiger partial charge in [-0.2, -0.15) is 8.78 Å². The maximum atomic E-state index is 13.4. The first kappa shape index (κ1) is 28.8. The van der Waals surface area contributed by atoms with E-state index in [1.54, 1.807) is 18.2 Å². The van der Waals surface area contributed by atoms with Crippen molar-refractivity contribution in [1.82, 2.24) is 0 Å². The molecule has 0 N–H and O–H groups in total. The molecule has 0 amide bonds. The number of Topliss-reactive ketones (excluding diaryl/α,β-unsaturated/α-hetero) is 1. The smallest absolute Gasteiger partial charge is 0.394 e. The van der Waals surface area contributed by atoms with Crippen molar-refractivity contribution in [2.75, 3.05) is 0 Å². The first-order chi connectivity index (χ1) is 17.6. The maximum Gasteiger partial charge on any atom is 0.394 e. The van der Waals surface area contributed by atoms with Gasteiger partial charge in [0.15, 0.2) is 5.78 Å². The van der Waals surface area contributed by atoms with Crippen molar-refractivity contribution < 1.29 is 18.3 Å². The van der Waals surface area contributed by atoms with Crippen molar-refractivity contribution in [2.45, 2.75) is 85.7 Å². The molecule has 0 spiro atoms. The summed E-state index contributed by atoms with van der Waals surface area (Å²) in [6.45, 7) is 9.40. The molecule has 0 aliphatic heterocycles. The van der Waals surface area contributed by atoms with E-state index in [4.69, 9.17) is 4.74 Å². The molecule has 2 aromatic rings. The summed E-state index contributed by atoms with van der Waals surface area (Å²) >= 11 is 0. The van der Waals surface area contributed by atoms with E-state index in [1.165, 1.54) is 6.42 Å². The Hall–Kier alpha value is -2.75. The minimum absolute atomic E-state index is 0.147. The van der Waals surface area contributed by atoms with Crippen LogP contribution in [0, 0.1) is 17.8 Å². The molecule has 1 aliphatic rings. The van der Waals surface area contributed by atoms with Gasteiger partial charge in [-0.15, -0.1) is 0 Å². The third-order valence-electron chi connectivity index (χ3n) is 7.42. The number of hydrogen-bond donors (Lipinski definition) is 0. The number of rotatable bonds is 11. The van der Waals surface area contributed by atoms with E-state index in [9.17, 15) is 13.6 Å². The topological polar surface area (TPSA) is 26.3 Å². The molecule has 1 aliphatic carbocycles. The fourth-order valence-electron chi connectivity index (χ4n) is 5.05. The molecular weight excluding hydrogens is 466 g/mol. The average molecular weight is 509 g/mol. The Kier molecular flexibility index (Phi) is 10.3. The van der Waals surface area contributed by atoms with E-state index < -0.39 is 6.11 Å². The molecule has 2 nitrogen and oxygen atoms in total. The number of ether oxygens (including phenoxy) is 1. The Bertz CT molecular complexity index is 1110. The zero-order valence-corrected chi connectivity index (χ0v) is 23.0. The highest BCUT2D eigenvalue weighted by Crippen LogP contribution is 2.32. The van der Waals surface area contributed by atoms with Gasteiger partial charge < -0.3 is 4.74 Å². The summed E-state index contributed by atoms with van der Waals surface area (Å²) in [6, 6.07) is 13.3. The number of ketones is 1. The van der Waals surface area contributed by atoms with Gasteiger partial charge in [-0.25, -0.2) is 0 Å². The van der Waals surface area contributed by atoms with E-state index in [-0.39, 0.29) is 17.5 Å². The lowest BCUT2D eigenvalue weighted by Gasteiger charge is -2.22. The largest absolute Gasteiger partial charge is 0.433 e. The van der Waals surface area contributed by atoms with Crippen LogP contribution in [-0.4, -0.2) is 11.9 Å². The van der Waals surface area contributed by atoms with Crippen LogP contribution in [0.5, 0.6) is 5.75 Å². The van der Waals surface area contributed by atoms with Crippen molar-refractivity contribution in [1.29, 1.82) is 0 Å². The van der Waals surface area contributed by atoms with E-state index in [2.05, 4.69) is 64.1 Å². The van der Waals surface area contributed by atoms with Crippen molar-refractivity contribution >= 4 is 5.78 Å². The molecule has 0 aromatic heterocycles. The monoisotopic (exact) mass is 508 g/mol. The van der Waals surface area contributed by atoms with E-state index >= 15 is 0 Å². The molecular formula is C33H42F2O2. The first-order valence-corrected chi connectivity index (χ1v) is 13.8. The summed E-state index contributed by atoms with van der Waals surface area (Å²) in [5.41, 5.74) is 5.04. The molecule has 0 fully saturated rings. The number of benzene rings is 2. The van der Waals surface area contributed by atoms with Crippen LogP contribution < -0.4 is 4.74 Å². The van der Waals surface area contributed by atoms with Crippen molar-refractivity contribution in [3.63, 3.8) is 0 Å². The first-order valence-electron chi connectivity index (χ1n) is 13.8. The van der Waals surface area contributed by atoms with Crippen LogP contribution in [0.25, 0.3) is 11.1 Å². The predicted molar refractivity (Wildman–Crippen MR) is 149 cm³/mol. The second kappa shape index (κ2) is 13.2. The molecule has 2 unspecified atom stereocenters. The molecule has 0 saturated heterocycles. The van der Waals surface area contributed by atoms with Crippen LogP contribution in [0.2, 0.25) is 0 Å². The Labute approximate surface area is 221 Å². The van der Waals surface area contributed by atoms with Crippen LogP contribution >= 0.6 is 0 Å². The summed E-state index contributed by atoms with van der Waals surface area (Å²) in [7, 11) is 0. The van der Waals surface area contributed by atoms with E-state index in [1.807, 2.05) is 6.07 Å². The Balaban J connectivity index is 1.82.